The van der Waals surface area contributed by atoms with Crippen molar-refractivity contribution in [2.24, 2.45) is 0 Å². The van der Waals surface area contributed by atoms with Gasteiger partial charge in [-0.25, -0.2) is 4.79 Å². The Labute approximate surface area is 146 Å². The molecule has 1 aliphatic heterocycles. The van der Waals surface area contributed by atoms with Crippen LogP contribution in [0.2, 0.25) is 0 Å². The van der Waals surface area contributed by atoms with Gasteiger partial charge in [-0.3, -0.25) is 4.90 Å². The van der Waals surface area contributed by atoms with Gasteiger partial charge >= 0.3 is 6.03 Å². The maximum Gasteiger partial charge on any atom is 0.327 e. The summed E-state index contributed by atoms with van der Waals surface area (Å²) in [5, 5.41) is 4.16. The standard InChI is InChI=1S/C20H19N3O2/c1-14-19(16-11-7-4-8-12-16)23(20(24)22(14)2)18-13-17(21-25-18)15-9-5-3-6-10-15/h3-14,19H,1-2H3/t14-,19-/m0/s1. The van der Waals surface area contributed by atoms with Crippen molar-refractivity contribution in [1.82, 2.24) is 10.1 Å². The van der Waals surface area contributed by atoms with Crippen LogP contribution in [0.3, 0.4) is 0 Å². The second-order valence-corrected chi connectivity index (χ2v) is 6.28. The molecule has 5 nitrogen and oxygen atoms in total. The van der Waals surface area contributed by atoms with Gasteiger partial charge in [-0.05, 0) is 12.5 Å². The minimum Gasteiger partial charge on any atom is -0.338 e. The minimum atomic E-state index is -0.115. The molecule has 0 bridgehead atoms. The van der Waals surface area contributed by atoms with E-state index in [1.807, 2.05) is 80.7 Å². The molecule has 126 valence electrons. The van der Waals surface area contributed by atoms with Crippen LogP contribution in [0.25, 0.3) is 11.3 Å². The molecule has 1 saturated heterocycles. The Hall–Kier alpha value is -3.08. The highest BCUT2D eigenvalue weighted by Crippen LogP contribution is 2.39. The first-order chi connectivity index (χ1) is 12.2. The van der Waals surface area contributed by atoms with E-state index in [2.05, 4.69) is 5.16 Å². The predicted molar refractivity (Wildman–Crippen MR) is 96.2 cm³/mol. The fraction of sp³-hybridized carbons (Fsp3) is 0.200. The summed E-state index contributed by atoms with van der Waals surface area (Å²) in [6.45, 7) is 2.05. The molecular formula is C20H19N3O2. The number of benzene rings is 2. The average Bonchev–Trinajstić information content (AvgIpc) is 3.22. The van der Waals surface area contributed by atoms with Gasteiger partial charge in [-0.2, -0.15) is 0 Å². The Balaban J connectivity index is 1.75. The van der Waals surface area contributed by atoms with Gasteiger partial charge in [0.1, 0.15) is 5.69 Å². The molecule has 0 saturated carbocycles. The number of likely N-dealkylation sites (N-methyl/N-ethyl adjacent to an activating group) is 1. The normalized spacial score (nSPS) is 20.3. The molecule has 4 rings (SSSR count). The van der Waals surface area contributed by atoms with Crippen molar-refractivity contribution >= 4 is 11.9 Å². The van der Waals surface area contributed by atoms with E-state index in [0.717, 1.165) is 16.8 Å². The number of nitrogens with zero attached hydrogens (tertiary/aromatic N) is 3. The summed E-state index contributed by atoms with van der Waals surface area (Å²) in [7, 11) is 1.82. The largest absolute Gasteiger partial charge is 0.338 e. The highest BCUT2D eigenvalue weighted by Gasteiger charge is 2.44. The predicted octanol–water partition coefficient (Wildman–Crippen LogP) is 4.34. The van der Waals surface area contributed by atoms with Crippen LogP contribution in [0.4, 0.5) is 10.7 Å². The third-order valence-corrected chi connectivity index (χ3v) is 4.80. The average molecular weight is 333 g/mol. The van der Waals surface area contributed by atoms with E-state index in [1.165, 1.54) is 0 Å². The van der Waals surface area contributed by atoms with Gasteiger partial charge < -0.3 is 9.42 Å². The fourth-order valence-corrected chi connectivity index (χ4v) is 3.32. The maximum atomic E-state index is 12.8. The van der Waals surface area contributed by atoms with E-state index in [1.54, 1.807) is 9.80 Å². The molecule has 25 heavy (non-hydrogen) atoms. The first-order valence-electron chi connectivity index (χ1n) is 8.30. The van der Waals surface area contributed by atoms with Gasteiger partial charge in [0, 0.05) is 18.7 Å². The molecule has 2 heterocycles. The zero-order valence-electron chi connectivity index (χ0n) is 14.2. The number of hydrogen-bond donors (Lipinski definition) is 0. The molecule has 1 fully saturated rings. The quantitative estimate of drug-likeness (QED) is 0.716. The Morgan fingerprint density at radius 3 is 2.32 bits per heavy atom. The molecule has 2 atom stereocenters. The van der Waals surface area contributed by atoms with Crippen molar-refractivity contribution in [3.63, 3.8) is 0 Å². The van der Waals surface area contributed by atoms with Gasteiger partial charge in [0.05, 0.1) is 12.1 Å². The van der Waals surface area contributed by atoms with Gasteiger partial charge in [0.15, 0.2) is 0 Å². The number of carbonyl (C=O) groups excluding carboxylic acids is 1. The fourth-order valence-electron chi connectivity index (χ4n) is 3.32. The smallest absolute Gasteiger partial charge is 0.327 e. The molecule has 0 aliphatic carbocycles. The van der Waals surface area contributed by atoms with Crippen molar-refractivity contribution in [2.75, 3.05) is 11.9 Å². The monoisotopic (exact) mass is 333 g/mol. The Morgan fingerprint density at radius 1 is 1.00 bits per heavy atom. The van der Waals surface area contributed by atoms with Gasteiger partial charge in [-0.1, -0.05) is 65.8 Å². The minimum absolute atomic E-state index is 0.0279. The second-order valence-electron chi connectivity index (χ2n) is 6.28. The number of carbonyl (C=O) groups is 1. The lowest BCUT2D eigenvalue weighted by atomic mass is 10.0. The van der Waals surface area contributed by atoms with Crippen LogP contribution in [-0.4, -0.2) is 29.2 Å². The summed E-state index contributed by atoms with van der Waals surface area (Å²) in [6, 6.07) is 21.5. The highest BCUT2D eigenvalue weighted by molar-refractivity contribution is 5.94. The van der Waals surface area contributed by atoms with Gasteiger partial charge in [-0.15, -0.1) is 0 Å². The number of amides is 2. The third-order valence-electron chi connectivity index (χ3n) is 4.80. The summed E-state index contributed by atoms with van der Waals surface area (Å²) in [5.74, 6) is 0.467. The van der Waals surface area contributed by atoms with E-state index in [9.17, 15) is 4.79 Å². The highest BCUT2D eigenvalue weighted by atomic mass is 16.5. The Kier molecular flexibility index (Phi) is 3.76. The lowest BCUT2D eigenvalue weighted by Crippen LogP contribution is -2.30. The van der Waals surface area contributed by atoms with Crippen LogP contribution in [0.1, 0.15) is 18.5 Å². The molecule has 0 radical (unpaired) electrons. The lowest BCUT2D eigenvalue weighted by Gasteiger charge is -2.23. The zero-order chi connectivity index (χ0) is 17.4. The first kappa shape index (κ1) is 15.4. The van der Waals surface area contributed by atoms with Crippen molar-refractivity contribution in [3.05, 3.63) is 72.3 Å². The van der Waals surface area contributed by atoms with Gasteiger partial charge in [0.2, 0.25) is 5.88 Å². The molecule has 0 spiro atoms. The molecule has 2 amide bonds. The maximum absolute atomic E-state index is 12.8. The van der Waals surface area contributed by atoms with Crippen molar-refractivity contribution < 1.29 is 9.32 Å². The summed E-state index contributed by atoms with van der Waals surface area (Å²) >= 11 is 0. The SMILES string of the molecule is C[C@H]1[C@@H](c2ccccc2)N(c2cc(-c3ccccc3)no2)C(=O)N1C. The summed E-state index contributed by atoms with van der Waals surface area (Å²) in [5.41, 5.74) is 2.75. The van der Waals surface area contributed by atoms with Crippen LogP contribution in [0.15, 0.2) is 71.3 Å². The molecule has 2 aromatic carbocycles. The number of hydrogen-bond acceptors (Lipinski definition) is 3. The summed E-state index contributed by atoms with van der Waals surface area (Å²) in [6.07, 6.45) is 0. The van der Waals surface area contributed by atoms with Crippen LogP contribution < -0.4 is 4.90 Å². The number of urea groups is 1. The molecule has 3 aromatic rings. The van der Waals surface area contributed by atoms with E-state index in [-0.39, 0.29) is 18.1 Å². The number of aromatic nitrogens is 1. The van der Waals surface area contributed by atoms with Crippen molar-refractivity contribution in [1.29, 1.82) is 0 Å². The van der Waals surface area contributed by atoms with E-state index < -0.39 is 0 Å². The van der Waals surface area contributed by atoms with E-state index in [4.69, 9.17) is 4.52 Å². The topological polar surface area (TPSA) is 49.6 Å². The molecule has 0 unspecified atom stereocenters. The molecule has 1 aromatic heterocycles. The van der Waals surface area contributed by atoms with Gasteiger partial charge in [0.25, 0.3) is 0 Å². The summed E-state index contributed by atoms with van der Waals surface area (Å²) < 4.78 is 5.55. The summed E-state index contributed by atoms with van der Waals surface area (Å²) in [4.78, 5) is 16.2. The van der Waals surface area contributed by atoms with Crippen molar-refractivity contribution in [3.8, 4) is 11.3 Å². The van der Waals surface area contributed by atoms with Crippen LogP contribution in [-0.2, 0) is 0 Å². The Bertz CT molecular complexity index is 876. The molecular weight excluding hydrogens is 314 g/mol. The first-order valence-corrected chi connectivity index (χ1v) is 8.30. The van der Waals surface area contributed by atoms with Crippen molar-refractivity contribution in [2.45, 2.75) is 19.0 Å². The van der Waals surface area contributed by atoms with E-state index in [0.29, 0.717) is 5.88 Å². The molecule has 1 aliphatic rings. The third kappa shape index (κ3) is 2.58. The number of anilines is 1. The van der Waals surface area contributed by atoms with Crippen LogP contribution in [0, 0.1) is 0 Å². The second kappa shape index (κ2) is 6.09. The lowest BCUT2D eigenvalue weighted by molar-refractivity contribution is 0.219. The Morgan fingerprint density at radius 2 is 1.64 bits per heavy atom. The van der Waals surface area contributed by atoms with Crippen LogP contribution >= 0.6 is 0 Å². The zero-order valence-corrected chi connectivity index (χ0v) is 14.2. The number of rotatable bonds is 3. The molecule has 5 heteroatoms. The molecule has 0 N–H and O–H groups in total. The van der Waals surface area contributed by atoms with Crippen LogP contribution in [0.5, 0.6) is 0 Å². The van der Waals surface area contributed by atoms with E-state index >= 15 is 0 Å².